The zero-order valence-electron chi connectivity index (χ0n) is 42.0. The molecule has 1 aliphatic rings. The SMILES string of the molecule is CC(C)c1cccc(C(C)C)c1N1[C](c2ccc(N(c3ccc(-c4ccccc4)cc3)c3ccc4c(c3)c3ccccc3n4-c3ccccc3)cc2)N(c2c(C(C)C)cccc2C(C)C)c2nccnc21. The summed E-state index contributed by atoms with van der Waals surface area (Å²) >= 11 is 0. The van der Waals surface area contributed by atoms with Crippen molar-refractivity contribution in [3.05, 3.63) is 234 Å². The zero-order valence-corrected chi connectivity index (χ0v) is 42.0. The van der Waals surface area contributed by atoms with Gasteiger partial charge in [0, 0.05) is 51.5 Å². The number of benzene rings is 8. The maximum absolute atomic E-state index is 5.23. The predicted octanol–water partition coefficient (Wildman–Crippen LogP) is 18.0. The van der Waals surface area contributed by atoms with Gasteiger partial charge in [-0.05, 0) is 118 Å². The number of nitrogens with zero attached hydrogens (tertiary/aromatic N) is 6. The molecule has 3 heterocycles. The summed E-state index contributed by atoms with van der Waals surface area (Å²) in [5.74, 6) is 2.71. The van der Waals surface area contributed by atoms with Gasteiger partial charge in [-0.15, -0.1) is 0 Å². The molecule has 0 bridgehead atoms. The van der Waals surface area contributed by atoms with Crippen LogP contribution in [-0.2, 0) is 0 Å². The number of para-hydroxylation sites is 4. The maximum atomic E-state index is 5.23. The molecule has 0 N–H and O–H groups in total. The molecule has 0 spiro atoms. The highest BCUT2D eigenvalue weighted by Crippen LogP contribution is 2.56. The van der Waals surface area contributed by atoms with E-state index >= 15 is 0 Å². The summed E-state index contributed by atoms with van der Waals surface area (Å²) in [4.78, 5) is 17.7. The molecule has 1 aliphatic heterocycles. The van der Waals surface area contributed by atoms with Crippen LogP contribution in [0.25, 0.3) is 38.6 Å². The van der Waals surface area contributed by atoms with Crippen molar-refractivity contribution in [1.82, 2.24) is 14.5 Å². The molecule has 8 aromatic carbocycles. The van der Waals surface area contributed by atoms with Crippen LogP contribution >= 0.6 is 0 Å². The number of aromatic nitrogens is 3. The van der Waals surface area contributed by atoms with Gasteiger partial charge in [0.05, 0.1) is 22.4 Å². The van der Waals surface area contributed by atoms with E-state index < -0.39 is 0 Å². The second-order valence-electron chi connectivity index (χ2n) is 20.1. The maximum Gasteiger partial charge on any atom is 0.199 e. The van der Waals surface area contributed by atoms with Crippen LogP contribution in [0, 0.1) is 6.17 Å². The minimum absolute atomic E-state index is 0.261. The second kappa shape index (κ2) is 18.7. The van der Waals surface area contributed by atoms with Gasteiger partial charge in [-0.2, -0.15) is 0 Å². The second-order valence-corrected chi connectivity index (χ2v) is 20.1. The lowest BCUT2D eigenvalue weighted by Crippen LogP contribution is -2.34. The van der Waals surface area contributed by atoms with Gasteiger partial charge in [0.1, 0.15) is 0 Å². The summed E-state index contributed by atoms with van der Waals surface area (Å²) in [7, 11) is 0. The smallest absolute Gasteiger partial charge is 0.199 e. The van der Waals surface area contributed by atoms with Crippen molar-refractivity contribution in [1.29, 1.82) is 0 Å². The quantitative estimate of drug-likeness (QED) is 0.122. The molecule has 351 valence electrons. The highest BCUT2D eigenvalue weighted by Gasteiger charge is 2.46. The molecule has 1 radical (unpaired) electrons. The first-order valence-electron chi connectivity index (χ1n) is 25.3. The number of anilines is 7. The van der Waals surface area contributed by atoms with Crippen LogP contribution in [0.1, 0.15) is 107 Å². The first-order valence-corrected chi connectivity index (χ1v) is 25.3. The van der Waals surface area contributed by atoms with Crippen molar-refractivity contribution in [3.8, 4) is 16.8 Å². The van der Waals surface area contributed by atoms with Crippen molar-refractivity contribution in [2.24, 2.45) is 0 Å². The molecule has 11 rings (SSSR count). The molecule has 0 amide bonds. The molecule has 0 fully saturated rings. The third-order valence-corrected chi connectivity index (χ3v) is 14.2. The number of hydrogen-bond acceptors (Lipinski definition) is 5. The molecular weight excluding hydrogens is 865 g/mol. The fraction of sp³-hybridized carbons (Fsp3) is 0.185. The summed E-state index contributed by atoms with van der Waals surface area (Å²) in [6.45, 7) is 18.4. The van der Waals surface area contributed by atoms with E-state index in [1.165, 1.54) is 66.6 Å². The molecule has 0 saturated heterocycles. The number of rotatable bonds is 12. The summed E-state index contributed by atoms with van der Waals surface area (Å²) in [6, 6.07) is 68.8. The van der Waals surface area contributed by atoms with E-state index in [9.17, 15) is 0 Å². The van der Waals surface area contributed by atoms with Crippen LogP contribution in [-0.4, -0.2) is 14.5 Å². The third-order valence-electron chi connectivity index (χ3n) is 14.2. The Hall–Kier alpha value is -7.96. The predicted molar refractivity (Wildman–Crippen MR) is 299 cm³/mol. The normalized spacial score (nSPS) is 12.9. The summed E-state index contributed by atoms with van der Waals surface area (Å²) in [5.41, 5.74) is 17.6. The fourth-order valence-electron chi connectivity index (χ4n) is 10.8. The lowest BCUT2D eigenvalue weighted by molar-refractivity contribution is 0.805. The van der Waals surface area contributed by atoms with Crippen molar-refractivity contribution >= 4 is 61.9 Å². The Morgan fingerprint density at radius 1 is 0.366 bits per heavy atom. The van der Waals surface area contributed by atoms with E-state index in [2.05, 4.69) is 263 Å². The van der Waals surface area contributed by atoms with Gasteiger partial charge in [0.2, 0.25) is 0 Å². The van der Waals surface area contributed by atoms with E-state index in [4.69, 9.17) is 9.97 Å². The average molecular weight is 926 g/mol. The van der Waals surface area contributed by atoms with Crippen molar-refractivity contribution in [2.75, 3.05) is 14.7 Å². The van der Waals surface area contributed by atoms with E-state index in [1.54, 1.807) is 0 Å². The Morgan fingerprint density at radius 2 is 0.789 bits per heavy atom. The van der Waals surface area contributed by atoms with E-state index in [-0.39, 0.29) is 23.7 Å². The lowest BCUT2D eigenvalue weighted by Gasteiger charge is -2.37. The van der Waals surface area contributed by atoms with Crippen LogP contribution in [0.5, 0.6) is 0 Å². The third kappa shape index (κ3) is 8.02. The lowest BCUT2D eigenvalue weighted by atomic mass is 9.90. The molecule has 71 heavy (non-hydrogen) atoms. The molecule has 6 heteroatoms. The highest BCUT2D eigenvalue weighted by molar-refractivity contribution is 6.10. The standard InChI is InChI=1S/C65H61N6/c1-42(2)53-24-17-25-54(43(3)4)61(53)70-63-64(67-40-39-66-63)71(62-55(44(5)6)26-18-27-56(62)45(7)8)65(70)48-31-35-51(36-32-48)68(50-33-29-47(30-34-50)46-19-11-9-12-20-46)52-37-38-60-58(41-52)57-23-15-16-28-59(57)69(60)49-21-13-10-14-22-49/h9-45H,1-8H3. The van der Waals surface area contributed by atoms with Crippen molar-refractivity contribution in [2.45, 2.75) is 79.1 Å². The van der Waals surface area contributed by atoms with Crippen LogP contribution in [0.2, 0.25) is 0 Å². The van der Waals surface area contributed by atoms with Gasteiger partial charge in [-0.1, -0.05) is 183 Å². The zero-order chi connectivity index (χ0) is 48.9. The average Bonchev–Trinajstić information content (AvgIpc) is 3.92. The largest absolute Gasteiger partial charge is 0.310 e. The Bertz CT molecular complexity index is 3360. The number of fused-ring (bicyclic) bond motifs is 4. The van der Waals surface area contributed by atoms with Crippen LogP contribution in [0.4, 0.5) is 40.1 Å². The van der Waals surface area contributed by atoms with Gasteiger partial charge in [0.25, 0.3) is 0 Å². The minimum atomic E-state index is 0.261. The Morgan fingerprint density at radius 3 is 1.30 bits per heavy atom. The Labute approximate surface area is 419 Å². The van der Waals surface area contributed by atoms with Gasteiger partial charge in [-0.25, -0.2) is 9.97 Å². The Balaban J connectivity index is 1.12. The van der Waals surface area contributed by atoms with Crippen molar-refractivity contribution < 1.29 is 0 Å². The van der Waals surface area contributed by atoms with Crippen molar-refractivity contribution in [3.63, 3.8) is 0 Å². The van der Waals surface area contributed by atoms with E-state index in [0.29, 0.717) is 0 Å². The van der Waals surface area contributed by atoms with E-state index in [1.807, 2.05) is 12.4 Å². The molecule has 2 aromatic heterocycles. The number of hydrogen-bond donors (Lipinski definition) is 0. The molecule has 0 unspecified atom stereocenters. The van der Waals surface area contributed by atoms with E-state index in [0.717, 1.165) is 46.1 Å². The van der Waals surface area contributed by atoms with Gasteiger partial charge >= 0.3 is 0 Å². The fourth-order valence-corrected chi connectivity index (χ4v) is 10.8. The van der Waals surface area contributed by atoms with Gasteiger partial charge in [-0.3, -0.25) is 9.80 Å². The molecule has 0 atom stereocenters. The molecular formula is C65H61N6. The first-order chi connectivity index (χ1) is 34.6. The molecule has 10 aromatic rings. The topological polar surface area (TPSA) is 40.4 Å². The van der Waals surface area contributed by atoms with Gasteiger partial charge in [0.15, 0.2) is 17.8 Å². The van der Waals surface area contributed by atoms with Crippen LogP contribution in [0.3, 0.4) is 0 Å². The van der Waals surface area contributed by atoms with Crippen LogP contribution < -0.4 is 14.7 Å². The molecule has 6 nitrogen and oxygen atoms in total. The molecule has 0 saturated carbocycles. The van der Waals surface area contributed by atoms with Gasteiger partial charge < -0.3 is 9.47 Å². The summed E-state index contributed by atoms with van der Waals surface area (Å²) in [6.07, 6.45) is 4.71. The Kier molecular flexibility index (Phi) is 12.0. The first kappa shape index (κ1) is 45.5. The van der Waals surface area contributed by atoms with Crippen LogP contribution in [0.15, 0.2) is 200 Å². The summed E-state index contributed by atoms with van der Waals surface area (Å²) in [5, 5.41) is 2.41. The minimum Gasteiger partial charge on any atom is -0.310 e. The highest BCUT2D eigenvalue weighted by atomic mass is 15.5. The monoisotopic (exact) mass is 925 g/mol. The molecule has 0 aliphatic carbocycles. The summed E-state index contributed by atoms with van der Waals surface area (Å²) < 4.78 is 2.38.